The smallest absolute Gasteiger partial charge is 0.245 e. The van der Waals surface area contributed by atoms with Crippen molar-refractivity contribution in [1.82, 2.24) is 30.0 Å². The highest BCUT2D eigenvalue weighted by Crippen LogP contribution is 2.33. The summed E-state index contributed by atoms with van der Waals surface area (Å²) in [6.07, 6.45) is 5.72. The van der Waals surface area contributed by atoms with Gasteiger partial charge in [-0.15, -0.1) is 10.2 Å². The highest BCUT2D eigenvalue weighted by Gasteiger charge is 2.24. The number of fused-ring (bicyclic) bond motifs is 1. The van der Waals surface area contributed by atoms with Crippen LogP contribution >= 0.6 is 0 Å². The van der Waals surface area contributed by atoms with Crippen molar-refractivity contribution in [3.05, 3.63) is 36.4 Å². The number of imidazole rings is 1. The van der Waals surface area contributed by atoms with Crippen molar-refractivity contribution in [3.8, 4) is 28.3 Å². The first-order chi connectivity index (χ1) is 14.6. The van der Waals surface area contributed by atoms with Gasteiger partial charge < -0.3 is 19.9 Å². The molecule has 5 rings (SSSR count). The van der Waals surface area contributed by atoms with Crippen molar-refractivity contribution >= 4 is 5.95 Å². The summed E-state index contributed by atoms with van der Waals surface area (Å²) in [5, 5.41) is 22.9. The SMILES string of the molecule is CC(C)[C@H]1CN(c2ncc(-c3ccc(-c4cnc5n4CCC5)cc3O)nn2)CCN1. The number of aromatic hydroxyl groups is 1. The van der Waals surface area contributed by atoms with Gasteiger partial charge in [-0.3, -0.25) is 0 Å². The Morgan fingerprint density at radius 3 is 2.80 bits per heavy atom. The topological polar surface area (TPSA) is 92.0 Å². The van der Waals surface area contributed by atoms with E-state index in [2.05, 4.69) is 48.8 Å². The third-order valence-electron chi connectivity index (χ3n) is 6.13. The molecule has 0 amide bonds. The third-order valence-corrected chi connectivity index (χ3v) is 6.13. The quantitative estimate of drug-likeness (QED) is 0.689. The van der Waals surface area contributed by atoms with Crippen LogP contribution < -0.4 is 10.2 Å². The predicted octanol–water partition coefficient (Wildman–Crippen LogP) is 2.49. The van der Waals surface area contributed by atoms with E-state index >= 15 is 0 Å². The van der Waals surface area contributed by atoms with Gasteiger partial charge in [-0.25, -0.2) is 9.97 Å². The zero-order chi connectivity index (χ0) is 20.7. The van der Waals surface area contributed by atoms with E-state index in [0.717, 1.165) is 56.1 Å². The highest BCUT2D eigenvalue weighted by atomic mass is 16.3. The van der Waals surface area contributed by atoms with Gasteiger partial charge in [0.1, 0.15) is 17.3 Å². The van der Waals surface area contributed by atoms with Crippen molar-refractivity contribution in [2.24, 2.45) is 5.92 Å². The molecular weight excluding hydrogens is 378 g/mol. The van der Waals surface area contributed by atoms with E-state index in [1.807, 2.05) is 18.3 Å². The number of rotatable bonds is 4. The average Bonchev–Trinajstić information content (AvgIpc) is 3.38. The summed E-state index contributed by atoms with van der Waals surface area (Å²) in [4.78, 5) is 11.2. The van der Waals surface area contributed by atoms with Crippen LogP contribution in [0, 0.1) is 5.92 Å². The number of benzene rings is 1. The Balaban J connectivity index is 1.37. The number of phenols is 1. The van der Waals surface area contributed by atoms with E-state index in [1.54, 1.807) is 12.3 Å². The van der Waals surface area contributed by atoms with Gasteiger partial charge in [0.05, 0.1) is 18.1 Å². The normalized spacial score (nSPS) is 18.8. The summed E-state index contributed by atoms with van der Waals surface area (Å²) < 4.78 is 2.22. The monoisotopic (exact) mass is 405 g/mol. The van der Waals surface area contributed by atoms with Crippen molar-refractivity contribution < 1.29 is 5.11 Å². The second kappa shape index (κ2) is 7.68. The second-order valence-corrected chi connectivity index (χ2v) is 8.44. The van der Waals surface area contributed by atoms with Crippen LogP contribution in [0.2, 0.25) is 0 Å². The molecular formula is C22H27N7O. The van der Waals surface area contributed by atoms with Crippen LogP contribution in [0.15, 0.2) is 30.6 Å². The summed E-state index contributed by atoms with van der Waals surface area (Å²) >= 11 is 0. The molecule has 4 heterocycles. The van der Waals surface area contributed by atoms with Crippen molar-refractivity contribution in [2.75, 3.05) is 24.5 Å². The van der Waals surface area contributed by atoms with Gasteiger partial charge in [0.15, 0.2) is 0 Å². The lowest BCUT2D eigenvalue weighted by molar-refractivity contribution is 0.365. The van der Waals surface area contributed by atoms with Crippen molar-refractivity contribution in [1.29, 1.82) is 0 Å². The van der Waals surface area contributed by atoms with Gasteiger partial charge >= 0.3 is 0 Å². The van der Waals surface area contributed by atoms with Crippen LogP contribution in [0.3, 0.4) is 0 Å². The summed E-state index contributed by atoms with van der Waals surface area (Å²) in [7, 11) is 0. The van der Waals surface area contributed by atoms with E-state index < -0.39 is 0 Å². The molecule has 0 radical (unpaired) electrons. The number of anilines is 1. The van der Waals surface area contributed by atoms with E-state index in [9.17, 15) is 5.11 Å². The molecule has 8 heteroatoms. The number of piperazine rings is 1. The Kier molecular flexibility index (Phi) is 4.86. The maximum atomic E-state index is 10.7. The Morgan fingerprint density at radius 2 is 2.03 bits per heavy atom. The van der Waals surface area contributed by atoms with Crippen LogP contribution in [-0.2, 0) is 13.0 Å². The molecule has 1 atom stereocenters. The number of nitrogens with zero attached hydrogens (tertiary/aromatic N) is 6. The summed E-state index contributed by atoms with van der Waals surface area (Å²) in [5.74, 6) is 2.48. The van der Waals surface area contributed by atoms with Crippen molar-refractivity contribution in [2.45, 2.75) is 39.3 Å². The van der Waals surface area contributed by atoms with Gasteiger partial charge in [0, 0.05) is 49.8 Å². The summed E-state index contributed by atoms with van der Waals surface area (Å²) in [6, 6.07) is 6.07. The molecule has 0 spiro atoms. The van der Waals surface area contributed by atoms with Crippen LogP contribution in [-0.4, -0.2) is 55.5 Å². The molecule has 2 aliphatic rings. The molecule has 3 aromatic rings. The van der Waals surface area contributed by atoms with Crippen LogP contribution in [0.4, 0.5) is 5.95 Å². The standard InChI is InChI=1S/C22H27N7O/c1-14(2)18-13-28(9-7-23-18)22-25-11-17(26-27-22)16-6-5-15(10-20(16)30)19-12-24-21-4-3-8-29(19)21/h5-6,10-12,14,18,23,30H,3-4,7-9,13H2,1-2H3/t18-/m1/s1. The first kappa shape index (κ1) is 19.0. The number of nitrogens with one attached hydrogen (secondary N) is 1. The van der Waals surface area contributed by atoms with E-state index in [0.29, 0.717) is 29.2 Å². The van der Waals surface area contributed by atoms with E-state index in [4.69, 9.17) is 0 Å². The number of aromatic nitrogens is 5. The minimum Gasteiger partial charge on any atom is -0.507 e. The molecule has 0 unspecified atom stereocenters. The maximum absolute atomic E-state index is 10.7. The number of hydrogen-bond acceptors (Lipinski definition) is 7. The number of aryl methyl sites for hydroxylation is 1. The molecule has 156 valence electrons. The lowest BCUT2D eigenvalue weighted by Gasteiger charge is -2.35. The largest absolute Gasteiger partial charge is 0.507 e. The van der Waals surface area contributed by atoms with Gasteiger partial charge in [-0.2, -0.15) is 0 Å². The van der Waals surface area contributed by atoms with E-state index in [-0.39, 0.29) is 5.75 Å². The molecule has 2 aliphatic heterocycles. The zero-order valence-electron chi connectivity index (χ0n) is 17.4. The van der Waals surface area contributed by atoms with Gasteiger partial charge in [0.2, 0.25) is 5.95 Å². The fourth-order valence-electron chi connectivity index (χ4n) is 4.34. The summed E-state index contributed by atoms with van der Waals surface area (Å²) in [6.45, 7) is 8.05. The third kappa shape index (κ3) is 3.41. The maximum Gasteiger partial charge on any atom is 0.245 e. The molecule has 2 N–H and O–H groups in total. The first-order valence-corrected chi connectivity index (χ1v) is 10.7. The first-order valence-electron chi connectivity index (χ1n) is 10.7. The summed E-state index contributed by atoms with van der Waals surface area (Å²) in [5.41, 5.74) is 3.20. The second-order valence-electron chi connectivity index (χ2n) is 8.44. The van der Waals surface area contributed by atoms with Crippen LogP contribution in [0.1, 0.15) is 26.1 Å². The Morgan fingerprint density at radius 1 is 1.13 bits per heavy atom. The molecule has 8 nitrogen and oxygen atoms in total. The number of phenolic OH excluding ortho intramolecular Hbond substituents is 1. The molecule has 0 bridgehead atoms. The molecule has 2 aromatic heterocycles. The lowest BCUT2D eigenvalue weighted by atomic mass is 10.0. The highest BCUT2D eigenvalue weighted by molar-refractivity contribution is 5.72. The van der Waals surface area contributed by atoms with Gasteiger partial charge in [0.25, 0.3) is 0 Å². The predicted molar refractivity (Wildman–Crippen MR) is 115 cm³/mol. The Hall–Kier alpha value is -3.00. The minimum absolute atomic E-state index is 0.173. The number of hydrogen-bond donors (Lipinski definition) is 2. The van der Waals surface area contributed by atoms with Gasteiger partial charge in [-0.05, 0) is 24.5 Å². The Bertz CT molecular complexity index is 1040. The molecule has 1 saturated heterocycles. The zero-order valence-corrected chi connectivity index (χ0v) is 17.4. The minimum atomic E-state index is 0.173. The van der Waals surface area contributed by atoms with Crippen molar-refractivity contribution in [3.63, 3.8) is 0 Å². The van der Waals surface area contributed by atoms with Gasteiger partial charge in [-0.1, -0.05) is 19.9 Å². The molecule has 30 heavy (non-hydrogen) atoms. The van der Waals surface area contributed by atoms with Crippen LogP contribution in [0.5, 0.6) is 5.75 Å². The molecule has 0 saturated carbocycles. The lowest BCUT2D eigenvalue weighted by Crippen LogP contribution is -2.53. The van der Waals surface area contributed by atoms with Crippen LogP contribution in [0.25, 0.3) is 22.5 Å². The molecule has 0 aliphatic carbocycles. The fourth-order valence-corrected chi connectivity index (χ4v) is 4.34. The molecule has 1 fully saturated rings. The Labute approximate surface area is 176 Å². The average molecular weight is 406 g/mol. The fraction of sp³-hybridized carbons (Fsp3) is 0.455. The molecule has 1 aromatic carbocycles. The van der Waals surface area contributed by atoms with E-state index in [1.165, 1.54) is 0 Å².